The summed E-state index contributed by atoms with van der Waals surface area (Å²) >= 11 is 5.75. The van der Waals surface area contributed by atoms with E-state index in [9.17, 15) is 4.79 Å². The highest BCUT2D eigenvalue weighted by molar-refractivity contribution is 6.30. The van der Waals surface area contributed by atoms with Gasteiger partial charge in [-0.1, -0.05) is 25.4 Å². The van der Waals surface area contributed by atoms with Crippen LogP contribution in [0, 0.1) is 0 Å². The number of hydrogen-bond donors (Lipinski definition) is 1. The van der Waals surface area contributed by atoms with Crippen molar-refractivity contribution < 1.29 is 4.79 Å². The first-order valence-corrected chi connectivity index (χ1v) is 5.44. The number of benzene rings is 1. The van der Waals surface area contributed by atoms with Crippen LogP contribution in [0.3, 0.4) is 0 Å². The predicted molar refractivity (Wildman–Crippen MR) is 63.5 cm³/mol. The van der Waals surface area contributed by atoms with Crippen molar-refractivity contribution in [3.63, 3.8) is 0 Å². The molecule has 82 valence electrons. The van der Waals surface area contributed by atoms with Gasteiger partial charge in [-0.3, -0.25) is 4.79 Å². The summed E-state index contributed by atoms with van der Waals surface area (Å²) in [6.07, 6.45) is 0. The second-order valence-electron chi connectivity index (χ2n) is 3.91. The number of hydrogen-bond acceptors (Lipinski definition) is 2. The number of rotatable bonds is 4. The Morgan fingerprint density at radius 2 is 1.73 bits per heavy atom. The van der Waals surface area contributed by atoms with Crippen molar-refractivity contribution >= 4 is 17.4 Å². The summed E-state index contributed by atoms with van der Waals surface area (Å²) in [6, 6.07) is 7.11. The van der Waals surface area contributed by atoms with E-state index in [0.717, 1.165) is 0 Å². The zero-order valence-electron chi connectivity index (χ0n) is 9.25. The highest BCUT2D eigenvalue weighted by Gasteiger charge is 2.15. The van der Waals surface area contributed by atoms with Crippen LogP contribution in [0.1, 0.15) is 31.1 Å². The number of halogens is 1. The molecule has 0 amide bonds. The number of carbonyl (C=O) groups is 1. The van der Waals surface area contributed by atoms with Crippen LogP contribution in [-0.2, 0) is 0 Å². The molecule has 1 rings (SSSR count). The number of nitrogens with one attached hydrogen (secondary N) is 1. The third-order valence-electron chi connectivity index (χ3n) is 2.11. The highest BCUT2D eigenvalue weighted by atomic mass is 35.5. The second kappa shape index (κ2) is 5.29. The topological polar surface area (TPSA) is 29.1 Å². The summed E-state index contributed by atoms with van der Waals surface area (Å²) in [5, 5.41) is 3.82. The highest BCUT2D eigenvalue weighted by Crippen LogP contribution is 2.11. The molecular weight excluding hydrogens is 210 g/mol. The van der Waals surface area contributed by atoms with E-state index in [1.54, 1.807) is 24.3 Å². The standard InChI is InChI=1S/C12H16ClNO/c1-8(2)14-9(3)12(15)10-4-6-11(13)7-5-10/h4-9,14H,1-3H3/t9-/m0/s1. The summed E-state index contributed by atoms with van der Waals surface area (Å²) in [4.78, 5) is 11.9. The van der Waals surface area contributed by atoms with Gasteiger partial charge in [0.25, 0.3) is 0 Å². The summed E-state index contributed by atoms with van der Waals surface area (Å²) in [7, 11) is 0. The lowest BCUT2D eigenvalue weighted by molar-refractivity contribution is 0.0946. The van der Waals surface area contributed by atoms with Gasteiger partial charge in [0, 0.05) is 16.6 Å². The minimum Gasteiger partial charge on any atom is -0.305 e. The Morgan fingerprint density at radius 3 is 2.20 bits per heavy atom. The average molecular weight is 226 g/mol. The molecular formula is C12H16ClNO. The fraction of sp³-hybridized carbons (Fsp3) is 0.417. The maximum atomic E-state index is 11.9. The SMILES string of the molecule is CC(C)N[C@@H](C)C(=O)c1ccc(Cl)cc1. The van der Waals surface area contributed by atoms with Gasteiger partial charge in [0.15, 0.2) is 5.78 Å². The van der Waals surface area contributed by atoms with Crippen molar-refractivity contribution in [1.82, 2.24) is 5.32 Å². The predicted octanol–water partition coefficient (Wildman–Crippen LogP) is 2.91. The molecule has 2 nitrogen and oxygen atoms in total. The van der Waals surface area contributed by atoms with Crippen LogP contribution in [0.4, 0.5) is 0 Å². The summed E-state index contributed by atoms with van der Waals surface area (Å²) in [5.74, 6) is 0.0976. The van der Waals surface area contributed by atoms with Crippen LogP contribution in [-0.4, -0.2) is 17.9 Å². The fourth-order valence-corrected chi connectivity index (χ4v) is 1.57. The van der Waals surface area contributed by atoms with Crippen LogP contribution < -0.4 is 5.32 Å². The van der Waals surface area contributed by atoms with Gasteiger partial charge in [-0.05, 0) is 31.2 Å². The van der Waals surface area contributed by atoms with Crippen molar-refractivity contribution in [1.29, 1.82) is 0 Å². The van der Waals surface area contributed by atoms with Gasteiger partial charge >= 0.3 is 0 Å². The quantitative estimate of drug-likeness (QED) is 0.799. The molecule has 0 aliphatic heterocycles. The van der Waals surface area contributed by atoms with Gasteiger partial charge in [0.1, 0.15) is 0 Å². The Kier molecular flexibility index (Phi) is 4.30. The Morgan fingerprint density at radius 1 is 1.20 bits per heavy atom. The first-order chi connectivity index (χ1) is 7.00. The van der Waals surface area contributed by atoms with Crippen LogP contribution in [0.2, 0.25) is 5.02 Å². The monoisotopic (exact) mass is 225 g/mol. The molecule has 1 aromatic carbocycles. The molecule has 0 aliphatic carbocycles. The molecule has 0 fully saturated rings. The van der Waals surface area contributed by atoms with Crippen molar-refractivity contribution in [2.45, 2.75) is 32.9 Å². The molecule has 0 radical (unpaired) electrons. The third kappa shape index (κ3) is 3.65. The molecule has 1 aromatic rings. The van der Waals surface area contributed by atoms with Gasteiger partial charge in [-0.25, -0.2) is 0 Å². The largest absolute Gasteiger partial charge is 0.305 e. The summed E-state index contributed by atoms with van der Waals surface area (Å²) in [6.45, 7) is 5.91. The fourth-order valence-electron chi connectivity index (χ4n) is 1.44. The van der Waals surface area contributed by atoms with E-state index in [0.29, 0.717) is 16.6 Å². The molecule has 0 unspecified atom stereocenters. The molecule has 0 spiro atoms. The molecule has 3 heteroatoms. The van der Waals surface area contributed by atoms with E-state index < -0.39 is 0 Å². The normalized spacial score (nSPS) is 12.9. The maximum absolute atomic E-state index is 11.9. The Bertz CT molecular complexity index is 332. The maximum Gasteiger partial charge on any atom is 0.179 e. The molecule has 0 heterocycles. The first-order valence-electron chi connectivity index (χ1n) is 5.06. The van der Waals surface area contributed by atoms with Crippen molar-refractivity contribution in [2.24, 2.45) is 0 Å². The van der Waals surface area contributed by atoms with Gasteiger partial charge in [0.05, 0.1) is 6.04 Å². The number of carbonyl (C=O) groups excluding carboxylic acids is 1. The van der Waals surface area contributed by atoms with Crippen molar-refractivity contribution in [3.05, 3.63) is 34.9 Å². The lowest BCUT2D eigenvalue weighted by atomic mass is 10.1. The van der Waals surface area contributed by atoms with E-state index >= 15 is 0 Å². The van der Waals surface area contributed by atoms with Crippen LogP contribution in [0.25, 0.3) is 0 Å². The molecule has 0 saturated carbocycles. The van der Waals surface area contributed by atoms with Crippen LogP contribution >= 0.6 is 11.6 Å². The molecule has 1 atom stereocenters. The molecule has 15 heavy (non-hydrogen) atoms. The van der Waals surface area contributed by atoms with Gasteiger partial charge in [-0.15, -0.1) is 0 Å². The van der Waals surface area contributed by atoms with Gasteiger partial charge < -0.3 is 5.32 Å². The van der Waals surface area contributed by atoms with Crippen LogP contribution in [0.15, 0.2) is 24.3 Å². The van der Waals surface area contributed by atoms with Crippen molar-refractivity contribution in [2.75, 3.05) is 0 Å². The molecule has 1 N–H and O–H groups in total. The van der Waals surface area contributed by atoms with E-state index in [-0.39, 0.29) is 11.8 Å². The van der Waals surface area contributed by atoms with E-state index in [1.165, 1.54) is 0 Å². The van der Waals surface area contributed by atoms with Gasteiger partial charge in [0.2, 0.25) is 0 Å². The Hall–Kier alpha value is -0.860. The third-order valence-corrected chi connectivity index (χ3v) is 2.36. The van der Waals surface area contributed by atoms with Crippen molar-refractivity contribution in [3.8, 4) is 0 Å². The van der Waals surface area contributed by atoms with E-state index in [2.05, 4.69) is 5.32 Å². The number of ketones is 1. The minimum atomic E-state index is -0.161. The molecule has 0 bridgehead atoms. The molecule has 0 saturated heterocycles. The second-order valence-corrected chi connectivity index (χ2v) is 4.35. The minimum absolute atomic E-state index is 0.0976. The van der Waals surface area contributed by atoms with E-state index in [4.69, 9.17) is 11.6 Å². The lowest BCUT2D eigenvalue weighted by Gasteiger charge is -2.15. The van der Waals surface area contributed by atoms with Gasteiger partial charge in [-0.2, -0.15) is 0 Å². The lowest BCUT2D eigenvalue weighted by Crippen LogP contribution is -2.38. The van der Waals surface area contributed by atoms with E-state index in [1.807, 2.05) is 20.8 Å². The zero-order chi connectivity index (χ0) is 11.4. The summed E-state index contributed by atoms with van der Waals surface area (Å²) < 4.78 is 0. The van der Waals surface area contributed by atoms with Crippen LogP contribution in [0.5, 0.6) is 0 Å². The average Bonchev–Trinajstić information content (AvgIpc) is 2.17. The molecule has 0 aromatic heterocycles. The first kappa shape index (κ1) is 12.2. The summed E-state index contributed by atoms with van der Waals surface area (Å²) in [5.41, 5.74) is 0.694. The smallest absolute Gasteiger partial charge is 0.179 e. The Labute approximate surface area is 95.6 Å². The number of Topliss-reactive ketones (excluding diaryl/α,β-unsaturated/α-hetero) is 1. The zero-order valence-corrected chi connectivity index (χ0v) is 10.0. The Balaban J connectivity index is 2.72. The molecule has 0 aliphatic rings.